The van der Waals surface area contributed by atoms with Crippen LogP contribution in [0.1, 0.15) is 65.7 Å². The number of nitrogens with zero attached hydrogens (tertiary/aromatic N) is 1. The number of carbonyl (C=O) groups is 1. The van der Waals surface area contributed by atoms with Gasteiger partial charge in [0, 0.05) is 32.6 Å². The molecule has 0 aliphatic heterocycles. The highest BCUT2D eigenvalue weighted by Gasteiger charge is 2.17. The van der Waals surface area contributed by atoms with Crippen molar-refractivity contribution in [1.29, 1.82) is 0 Å². The van der Waals surface area contributed by atoms with Crippen molar-refractivity contribution in [3.8, 4) is 0 Å². The van der Waals surface area contributed by atoms with Crippen molar-refractivity contribution in [2.45, 2.75) is 71.8 Å². The number of nitrogens with one attached hydrogen (secondary N) is 3. The minimum atomic E-state index is 0. The molecule has 0 bridgehead atoms. The lowest BCUT2D eigenvalue weighted by atomic mass is 10.0. The monoisotopic (exact) mass is 452 g/mol. The SMILES string of the molecule is CN=C(NCCNC(=O)CC1CCCC1)NC(C)CCC(C)C.I. The predicted octanol–water partition coefficient (Wildman–Crippen LogP) is 3.29. The topological polar surface area (TPSA) is 65.5 Å². The minimum Gasteiger partial charge on any atom is -0.355 e. The molecule has 0 spiro atoms. The molecule has 0 radical (unpaired) electrons. The summed E-state index contributed by atoms with van der Waals surface area (Å²) >= 11 is 0. The average Bonchev–Trinajstić information content (AvgIpc) is 3.01. The highest BCUT2D eigenvalue weighted by molar-refractivity contribution is 14.0. The molecule has 0 aromatic heterocycles. The normalized spacial score (nSPS) is 16.6. The van der Waals surface area contributed by atoms with Crippen LogP contribution in [-0.4, -0.2) is 38.0 Å². The molecule has 0 aromatic rings. The molecule has 1 saturated carbocycles. The Bertz CT molecular complexity index is 368. The number of hydrogen-bond donors (Lipinski definition) is 3. The zero-order valence-electron chi connectivity index (χ0n) is 15.9. The molecule has 24 heavy (non-hydrogen) atoms. The van der Waals surface area contributed by atoms with Crippen LogP contribution in [0.15, 0.2) is 4.99 Å². The first-order chi connectivity index (χ1) is 11.0. The molecule has 0 aromatic carbocycles. The van der Waals surface area contributed by atoms with Crippen LogP contribution >= 0.6 is 24.0 Å². The molecule has 1 amide bonds. The summed E-state index contributed by atoms with van der Waals surface area (Å²) in [6.07, 6.45) is 8.05. The molecular weight excluding hydrogens is 415 g/mol. The number of aliphatic imine (C=N–C) groups is 1. The van der Waals surface area contributed by atoms with Gasteiger partial charge >= 0.3 is 0 Å². The van der Waals surface area contributed by atoms with Crippen molar-refractivity contribution in [3.63, 3.8) is 0 Å². The van der Waals surface area contributed by atoms with Crippen molar-refractivity contribution in [3.05, 3.63) is 0 Å². The van der Waals surface area contributed by atoms with E-state index in [0.717, 1.165) is 18.3 Å². The molecule has 1 rings (SSSR count). The van der Waals surface area contributed by atoms with E-state index in [9.17, 15) is 4.79 Å². The van der Waals surface area contributed by atoms with Crippen LogP contribution in [0.5, 0.6) is 0 Å². The lowest BCUT2D eigenvalue weighted by molar-refractivity contribution is -0.121. The summed E-state index contributed by atoms with van der Waals surface area (Å²) in [6, 6.07) is 0.403. The third-order valence-corrected chi connectivity index (χ3v) is 4.47. The first-order valence-corrected chi connectivity index (χ1v) is 9.25. The molecule has 0 saturated heterocycles. The Kier molecular flexibility index (Phi) is 13.4. The third kappa shape index (κ3) is 11.1. The summed E-state index contributed by atoms with van der Waals surface area (Å²) in [5, 5.41) is 9.65. The molecule has 3 N–H and O–H groups in total. The molecular formula is C18H37IN4O. The highest BCUT2D eigenvalue weighted by atomic mass is 127. The lowest BCUT2D eigenvalue weighted by Gasteiger charge is -2.19. The van der Waals surface area contributed by atoms with Crippen LogP contribution in [0.25, 0.3) is 0 Å². The maximum Gasteiger partial charge on any atom is 0.220 e. The maximum absolute atomic E-state index is 11.9. The summed E-state index contributed by atoms with van der Waals surface area (Å²) < 4.78 is 0. The van der Waals surface area contributed by atoms with E-state index in [1.807, 2.05) is 0 Å². The van der Waals surface area contributed by atoms with Gasteiger partial charge in [0.05, 0.1) is 0 Å². The van der Waals surface area contributed by atoms with Gasteiger partial charge in [0.1, 0.15) is 0 Å². The Morgan fingerprint density at radius 2 is 1.71 bits per heavy atom. The summed E-state index contributed by atoms with van der Waals surface area (Å²) in [5.41, 5.74) is 0. The number of carbonyl (C=O) groups excluding carboxylic acids is 1. The number of guanidine groups is 1. The van der Waals surface area contributed by atoms with E-state index in [-0.39, 0.29) is 29.9 Å². The largest absolute Gasteiger partial charge is 0.355 e. The molecule has 1 aliphatic carbocycles. The molecule has 6 heteroatoms. The Morgan fingerprint density at radius 3 is 2.29 bits per heavy atom. The first-order valence-electron chi connectivity index (χ1n) is 9.25. The number of amides is 1. The fraction of sp³-hybridized carbons (Fsp3) is 0.889. The number of halogens is 1. The van der Waals surface area contributed by atoms with Gasteiger partial charge in [-0.25, -0.2) is 0 Å². The molecule has 1 atom stereocenters. The fourth-order valence-corrected chi connectivity index (χ4v) is 3.02. The van der Waals surface area contributed by atoms with Crippen molar-refractivity contribution < 1.29 is 4.79 Å². The zero-order chi connectivity index (χ0) is 17.1. The molecule has 0 heterocycles. The average molecular weight is 452 g/mol. The Hall–Kier alpha value is -0.530. The molecule has 1 fully saturated rings. The van der Waals surface area contributed by atoms with E-state index < -0.39 is 0 Å². The van der Waals surface area contributed by atoms with E-state index in [1.54, 1.807) is 7.05 Å². The van der Waals surface area contributed by atoms with Crippen LogP contribution in [-0.2, 0) is 4.79 Å². The predicted molar refractivity (Wildman–Crippen MR) is 113 cm³/mol. The summed E-state index contributed by atoms with van der Waals surface area (Å²) in [6.45, 7) is 8.01. The second-order valence-corrected chi connectivity index (χ2v) is 7.22. The van der Waals surface area contributed by atoms with Gasteiger partial charge in [0.2, 0.25) is 5.91 Å². The highest BCUT2D eigenvalue weighted by Crippen LogP contribution is 2.27. The van der Waals surface area contributed by atoms with Crippen LogP contribution < -0.4 is 16.0 Å². The van der Waals surface area contributed by atoms with Crippen molar-refractivity contribution in [1.82, 2.24) is 16.0 Å². The van der Waals surface area contributed by atoms with Crippen LogP contribution in [0.3, 0.4) is 0 Å². The minimum absolute atomic E-state index is 0. The van der Waals surface area contributed by atoms with Crippen LogP contribution in [0.2, 0.25) is 0 Å². The zero-order valence-corrected chi connectivity index (χ0v) is 18.2. The van der Waals surface area contributed by atoms with Gasteiger partial charge < -0.3 is 16.0 Å². The van der Waals surface area contributed by atoms with E-state index in [4.69, 9.17) is 0 Å². The van der Waals surface area contributed by atoms with Gasteiger partial charge in [0.15, 0.2) is 5.96 Å². The van der Waals surface area contributed by atoms with Crippen LogP contribution in [0, 0.1) is 11.8 Å². The van der Waals surface area contributed by atoms with Gasteiger partial charge in [-0.05, 0) is 44.4 Å². The molecule has 5 nitrogen and oxygen atoms in total. The van der Waals surface area contributed by atoms with Crippen molar-refractivity contribution in [2.75, 3.05) is 20.1 Å². The van der Waals surface area contributed by atoms with Gasteiger partial charge in [0.25, 0.3) is 0 Å². The van der Waals surface area contributed by atoms with E-state index in [1.165, 1.54) is 32.1 Å². The standard InChI is InChI=1S/C18H36N4O.HI/c1-14(2)9-10-15(3)22-18(19-4)21-12-11-20-17(23)13-16-7-5-6-8-16;/h14-16H,5-13H2,1-4H3,(H,20,23)(H2,19,21,22);1H. The quantitative estimate of drug-likeness (QED) is 0.218. The van der Waals surface area contributed by atoms with Gasteiger partial charge in [-0.15, -0.1) is 24.0 Å². The summed E-state index contributed by atoms with van der Waals surface area (Å²) in [7, 11) is 1.78. The molecule has 1 unspecified atom stereocenters. The van der Waals surface area contributed by atoms with Crippen molar-refractivity contribution in [2.24, 2.45) is 16.8 Å². The Morgan fingerprint density at radius 1 is 1.08 bits per heavy atom. The molecule has 1 aliphatic rings. The Labute approximate surface area is 165 Å². The maximum atomic E-state index is 11.9. The first kappa shape index (κ1) is 23.5. The fourth-order valence-electron chi connectivity index (χ4n) is 3.02. The second-order valence-electron chi connectivity index (χ2n) is 7.22. The second kappa shape index (κ2) is 13.7. The van der Waals surface area contributed by atoms with E-state index >= 15 is 0 Å². The Balaban J connectivity index is 0.00000529. The summed E-state index contributed by atoms with van der Waals surface area (Å²) in [4.78, 5) is 16.1. The lowest BCUT2D eigenvalue weighted by Crippen LogP contribution is -2.45. The van der Waals surface area contributed by atoms with E-state index in [0.29, 0.717) is 31.5 Å². The summed E-state index contributed by atoms with van der Waals surface area (Å²) in [5.74, 6) is 2.33. The van der Waals surface area contributed by atoms with Crippen molar-refractivity contribution >= 4 is 35.8 Å². The smallest absolute Gasteiger partial charge is 0.220 e. The number of hydrogen-bond acceptors (Lipinski definition) is 2. The molecule has 142 valence electrons. The van der Waals surface area contributed by atoms with Gasteiger partial charge in [-0.1, -0.05) is 26.7 Å². The third-order valence-electron chi connectivity index (χ3n) is 4.47. The van der Waals surface area contributed by atoms with E-state index in [2.05, 4.69) is 41.7 Å². The van der Waals surface area contributed by atoms with Gasteiger partial charge in [-0.2, -0.15) is 0 Å². The number of rotatable bonds is 9. The van der Waals surface area contributed by atoms with Crippen LogP contribution in [0.4, 0.5) is 0 Å². The van der Waals surface area contributed by atoms with Gasteiger partial charge in [-0.3, -0.25) is 9.79 Å².